The molecule has 0 saturated heterocycles. The van der Waals surface area contributed by atoms with Gasteiger partial charge in [0.15, 0.2) is 23.2 Å². The summed E-state index contributed by atoms with van der Waals surface area (Å²) in [7, 11) is 0. The number of para-hydroxylation sites is 1. The summed E-state index contributed by atoms with van der Waals surface area (Å²) in [4.78, 5) is 12.7. The van der Waals surface area contributed by atoms with E-state index in [-0.39, 0.29) is 24.7 Å². The largest absolute Gasteiger partial charge is 0.454 e. The van der Waals surface area contributed by atoms with Crippen molar-refractivity contribution >= 4 is 17.4 Å². The molecule has 5 rings (SSSR count). The lowest BCUT2D eigenvalue weighted by Crippen LogP contribution is -2.35. The zero-order chi connectivity index (χ0) is 22.5. The fraction of sp³-hybridized carbons (Fsp3) is 0.273. The van der Waals surface area contributed by atoms with Gasteiger partial charge in [0, 0.05) is 18.2 Å². The summed E-state index contributed by atoms with van der Waals surface area (Å²) in [6, 6.07) is 11.0. The van der Waals surface area contributed by atoms with E-state index in [0.717, 1.165) is 10.2 Å². The van der Waals surface area contributed by atoms with Crippen LogP contribution in [0.3, 0.4) is 0 Å². The van der Waals surface area contributed by atoms with E-state index >= 15 is 0 Å². The SMILES string of the molecule is Cc1ccccc1NC(=O)c1cc2n(n1)[C@@H](C(F)(F)F)C[C@H](c1ccc3c(c1)OCO3)N2. The van der Waals surface area contributed by atoms with Crippen LogP contribution in [0.15, 0.2) is 48.5 Å². The molecule has 0 fully saturated rings. The maximum absolute atomic E-state index is 13.9. The Bertz CT molecular complexity index is 1190. The van der Waals surface area contributed by atoms with Gasteiger partial charge < -0.3 is 20.1 Å². The Morgan fingerprint density at radius 1 is 1.16 bits per heavy atom. The number of hydrogen-bond donors (Lipinski definition) is 2. The van der Waals surface area contributed by atoms with Crippen molar-refractivity contribution in [2.75, 3.05) is 17.4 Å². The molecule has 2 aromatic carbocycles. The minimum atomic E-state index is -4.54. The molecular formula is C22H19F3N4O3. The molecule has 3 aromatic rings. The van der Waals surface area contributed by atoms with Gasteiger partial charge in [-0.3, -0.25) is 4.79 Å². The van der Waals surface area contributed by atoms with E-state index in [1.54, 1.807) is 30.3 Å². The number of amides is 1. The first-order valence-electron chi connectivity index (χ1n) is 9.99. The monoisotopic (exact) mass is 444 g/mol. The lowest BCUT2D eigenvalue weighted by molar-refractivity contribution is -0.173. The Labute approximate surface area is 181 Å². The molecular weight excluding hydrogens is 425 g/mol. The van der Waals surface area contributed by atoms with Gasteiger partial charge in [-0.25, -0.2) is 4.68 Å². The molecule has 0 saturated carbocycles. The molecule has 0 radical (unpaired) electrons. The third-order valence-corrected chi connectivity index (χ3v) is 5.61. The molecule has 10 heteroatoms. The number of nitrogens with zero attached hydrogens (tertiary/aromatic N) is 2. The van der Waals surface area contributed by atoms with Crippen LogP contribution in [0.5, 0.6) is 11.5 Å². The molecule has 166 valence electrons. The highest BCUT2D eigenvalue weighted by atomic mass is 19.4. The molecule has 0 spiro atoms. The number of halogens is 3. The van der Waals surface area contributed by atoms with E-state index in [1.165, 1.54) is 6.07 Å². The molecule has 3 heterocycles. The number of nitrogens with one attached hydrogen (secondary N) is 2. The first-order valence-corrected chi connectivity index (χ1v) is 9.99. The Hall–Kier alpha value is -3.69. The first-order chi connectivity index (χ1) is 15.3. The number of rotatable bonds is 3. The molecule has 7 nitrogen and oxygen atoms in total. The minimum Gasteiger partial charge on any atom is -0.454 e. The molecule has 0 unspecified atom stereocenters. The summed E-state index contributed by atoms with van der Waals surface area (Å²) >= 11 is 0. The fourth-order valence-corrected chi connectivity index (χ4v) is 3.93. The topological polar surface area (TPSA) is 77.4 Å². The third kappa shape index (κ3) is 3.61. The van der Waals surface area contributed by atoms with Gasteiger partial charge in [0.05, 0.1) is 6.04 Å². The highest BCUT2D eigenvalue weighted by molar-refractivity contribution is 6.03. The van der Waals surface area contributed by atoms with Gasteiger partial charge in [-0.15, -0.1) is 0 Å². The lowest BCUT2D eigenvalue weighted by atomic mass is 9.96. The first kappa shape index (κ1) is 20.2. The number of alkyl halides is 3. The average molecular weight is 444 g/mol. The van der Waals surface area contributed by atoms with E-state index in [4.69, 9.17) is 9.47 Å². The van der Waals surface area contributed by atoms with E-state index in [9.17, 15) is 18.0 Å². The summed E-state index contributed by atoms with van der Waals surface area (Å²) in [6.07, 6.45) is -4.82. The highest BCUT2D eigenvalue weighted by Crippen LogP contribution is 2.45. The van der Waals surface area contributed by atoms with Gasteiger partial charge in [-0.05, 0) is 36.2 Å². The molecule has 32 heavy (non-hydrogen) atoms. The van der Waals surface area contributed by atoms with Crippen LogP contribution in [0, 0.1) is 6.92 Å². The predicted octanol–water partition coefficient (Wildman–Crippen LogP) is 4.83. The van der Waals surface area contributed by atoms with Gasteiger partial charge in [-0.1, -0.05) is 24.3 Å². The second kappa shape index (κ2) is 7.47. The molecule has 1 aromatic heterocycles. The fourth-order valence-electron chi connectivity index (χ4n) is 3.93. The number of ether oxygens (including phenoxy) is 2. The number of benzene rings is 2. The van der Waals surface area contributed by atoms with Gasteiger partial charge >= 0.3 is 6.18 Å². The quantitative estimate of drug-likeness (QED) is 0.605. The Kier molecular flexibility index (Phi) is 4.72. The number of anilines is 2. The van der Waals surface area contributed by atoms with Crippen molar-refractivity contribution < 1.29 is 27.4 Å². The Morgan fingerprint density at radius 3 is 2.72 bits per heavy atom. The van der Waals surface area contributed by atoms with E-state index in [2.05, 4.69) is 15.7 Å². The zero-order valence-corrected chi connectivity index (χ0v) is 16.9. The summed E-state index contributed by atoms with van der Waals surface area (Å²) < 4.78 is 53.2. The predicted molar refractivity (Wildman–Crippen MR) is 110 cm³/mol. The van der Waals surface area contributed by atoms with Crippen LogP contribution >= 0.6 is 0 Å². The number of aromatic nitrogens is 2. The molecule has 0 aliphatic carbocycles. The normalized spacial score (nSPS) is 19.2. The second-order valence-corrected chi connectivity index (χ2v) is 7.73. The number of carbonyl (C=O) groups excluding carboxylic acids is 1. The summed E-state index contributed by atoms with van der Waals surface area (Å²) in [5.41, 5.74) is 1.93. The third-order valence-electron chi connectivity index (χ3n) is 5.61. The maximum atomic E-state index is 13.9. The molecule has 2 N–H and O–H groups in total. The van der Waals surface area contributed by atoms with Crippen molar-refractivity contribution in [1.29, 1.82) is 0 Å². The Balaban J connectivity index is 1.46. The summed E-state index contributed by atoms with van der Waals surface area (Å²) in [6.45, 7) is 1.90. The van der Waals surface area contributed by atoms with E-state index < -0.39 is 24.2 Å². The molecule has 2 aliphatic rings. The highest BCUT2D eigenvalue weighted by Gasteiger charge is 2.47. The van der Waals surface area contributed by atoms with Gasteiger partial charge in [0.2, 0.25) is 6.79 Å². The van der Waals surface area contributed by atoms with Crippen LogP contribution in [0.1, 0.15) is 40.1 Å². The number of hydrogen-bond acceptors (Lipinski definition) is 5. The van der Waals surface area contributed by atoms with Crippen LogP contribution < -0.4 is 20.1 Å². The molecule has 2 atom stereocenters. The standard InChI is InChI=1S/C22H19F3N4O3/c1-12-4-2-3-5-14(12)27-21(30)16-10-20-26-15(9-19(22(23,24)25)29(20)28-16)13-6-7-17-18(8-13)32-11-31-17/h2-8,10,15,19,26H,9,11H2,1H3,(H,27,30)/t15-,19-/m1/s1. The van der Waals surface area contributed by atoms with E-state index in [0.29, 0.717) is 22.7 Å². The van der Waals surface area contributed by atoms with Crippen molar-refractivity contribution in [2.24, 2.45) is 0 Å². The average Bonchev–Trinajstić information content (AvgIpc) is 3.40. The van der Waals surface area contributed by atoms with Crippen LogP contribution in [0.2, 0.25) is 0 Å². The Morgan fingerprint density at radius 2 is 1.94 bits per heavy atom. The van der Waals surface area contributed by atoms with Crippen LogP contribution in [0.4, 0.5) is 24.7 Å². The maximum Gasteiger partial charge on any atom is 0.410 e. The van der Waals surface area contributed by atoms with Crippen molar-refractivity contribution in [2.45, 2.75) is 31.6 Å². The van der Waals surface area contributed by atoms with Crippen molar-refractivity contribution in [1.82, 2.24) is 9.78 Å². The van der Waals surface area contributed by atoms with Gasteiger partial charge in [0.1, 0.15) is 5.82 Å². The molecule has 1 amide bonds. The number of aryl methyl sites for hydroxylation is 1. The van der Waals surface area contributed by atoms with Crippen molar-refractivity contribution in [3.63, 3.8) is 0 Å². The van der Waals surface area contributed by atoms with Crippen molar-refractivity contribution in [3.8, 4) is 11.5 Å². The smallest absolute Gasteiger partial charge is 0.410 e. The van der Waals surface area contributed by atoms with E-state index in [1.807, 2.05) is 19.1 Å². The summed E-state index contributed by atoms with van der Waals surface area (Å²) in [5.74, 6) is 0.585. The van der Waals surface area contributed by atoms with Gasteiger partial charge in [0.25, 0.3) is 5.91 Å². The van der Waals surface area contributed by atoms with Crippen LogP contribution in [-0.4, -0.2) is 28.7 Å². The van der Waals surface area contributed by atoms with Crippen LogP contribution in [0.25, 0.3) is 0 Å². The zero-order valence-electron chi connectivity index (χ0n) is 16.9. The lowest BCUT2D eigenvalue weighted by Gasteiger charge is -2.33. The van der Waals surface area contributed by atoms with Gasteiger partial charge in [-0.2, -0.15) is 18.3 Å². The summed E-state index contributed by atoms with van der Waals surface area (Å²) in [5, 5.41) is 9.78. The van der Waals surface area contributed by atoms with Crippen LogP contribution in [-0.2, 0) is 0 Å². The number of carbonyl (C=O) groups is 1. The van der Waals surface area contributed by atoms with Crippen molar-refractivity contribution in [3.05, 3.63) is 65.4 Å². The molecule has 0 bridgehead atoms. The number of fused-ring (bicyclic) bond motifs is 2. The minimum absolute atomic E-state index is 0.0776. The second-order valence-electron chi connectivity index (χ2n) is 7.73. The molecule has 2 aliphatic heterocycles.